The van der Waals surface area contributed by atoms with E-state index in [4.69, 9.17) is 4.42 Å². The first-order valence-corrected chi connectivity index (χ1v) is 10.8. The summed E-state index contributed by atoms with van der Waals surface area (Å²) in [6.45, 7) is 1.36. The number of furan rings is 1. The molecule has 0 saturated carbocycles. The number of nitrogens with one attached hydrogen (secondary N) is 2. The second-order valence-corrected chi connectivity index (χ2v) is 9.21. The summed E-state index contributed by atoms with van der Waals surface area (Å²) in [7, 11) is -3.72. The predicted octanol–water partition coefficient (Wildman–Crippen LogP) is 2.44. The van der Waals surface area contributed by atoms with Gasteiger partial charge < -0.3 is 14.7 Å². The number of rotatable bonds is 5. The summed E-state index contributed by atoms with van der Waals surface area (Å²) < 4.78 is 33.8. The van der Waals surface area contributed by atoms with Crippen molar-refractivity contribution in [1.29, 1.82) is 0 Å². The number of aromatic amines is 1. The Morgan fingerprint density at radius 1 is 1.30 bits per heavy atom. The van der Waals surface area contributed by atoms with Gasteiger partial charge in [-0.1, -0.05) is 6.07 Å². The molecule has 1 aromatic carbocycles. The third-order valence-corrected chi connectivity index (χ3v) is 7.29. The maximum Gasteiger partial charge on any atom is 0.255 e. The number of aromatic nitrogens is 1. The van der Waals surface area contributed by atoms with E-state index in [0.717, 1.165) is 5.76 Å². The van der Waals surface area contributed by atoms with Crippen LogP contribution in [0.4, 0.5) is 0 Å². The van der Waals surface area contributed by atoms with E-state index >= 15 is 0 Å². The zero-order valence-electron chi connectivity index (χ0n) is 14.3. The highest BCUT2D eigenvalue weighted by atomic mass is 79.9. The third kappa shape index (κ3) is 3.47. The SMILES string of the molecule is O=c1[nH]cc(Br)c2c(S(=O)(=O)N3CC[C@@H](NCc4ccco4)C3)cccc12. The quantitative estimate of drug-likeness (QED) is 0.620. The Labute approximate surface area is 164 Å². The van der Waals surface area contributed by atoms with Crippen LogP contribution in [0, 0.1) is 0 Å². The predicted molar refractivity (Wildman–Crippen MR) is 105 cm³/mol. The molecule has 1 fully saturated rings. The third-order valence-electron chi connectivity index (χ3n) is 4.75. The van der Waals surface area contributed by atoms with Crippen LogP contribution in [0.25, 0.3) is 10.8 Å². The van der Waals surface area contributed by atoms with E-state index in [-0.39, 0.29) is 16.5 Å². The van der Waals surface area contributed by atoms with Crippen molar-refractivity contribution in [2.24, 2.45) is 0 Å². The van der Waals surface area contributed by atoms with E-state index < -0.39 is 10.0 Å². The summed E-state index contributed by atoms with van der Waals surface area (Å²) in [6, 6.07) is 8.51. The number of hydrogen-bond acceptors (Lipinski definition) is 5. The maximum atomic E-state index is 13.2. The molecule has 0 unspecified atom stereocenters. The van der Waals surface area contributed by atoms with Crippen molar-refractivity contribution >= 4 is 36.7 Å². The highest BCUT2D eigenvalue weighted by Crippen LogP contribution is 2.31. The number of H-pyrrole nitrogens is 1. The molecule has 27 heavy (non-hydrogen) atoms. The molecular formula is C18H18BrN3O4S. The van der Waals surface area contributed by atoms with Crippen LogP contribution in [0.5, 0.6) is 0 Å². The number of fused-ring (bicyclic) bond motifs is 1. The van der Waals surface area contributed by atoms with Crippen LogP contribution in [0.1, 0.15) is 12.2 Å². The van der Waals surface area contributed by atoms with E-state index in [1.165, 1.54) is 10.5 Å². The molecule has 3 heterocycles. The van der Waals surface area contributed by atoms with Gasteiger partial charge in [0.25, 0.3) is 5.56 Å². The standard InChI is InChI=1S/C18H18BrN3O4S/c19-15-10-21-18(23)14-4-1-5-16(17(14)15)27(24,25)22-7-6-12(11-22)20-9-13-3-2-8-26-13/h1-5,8,10,12,20H,6-7,9,11H2,(H,21,23)/t12-/m1/s1. The fourth-order valence-electron chi connectivity index (χ4n) is 3.37. The lowest BCUT2D eigenvalue weighted by Gasteiger charge is -2.18. The smallest absolute Gasteiger partial charge is 0.255 e. The van der Waals surface area contributed by atoms with E-state index in [1.54, 1.807) is 24.5 Å². The van der Waals surface area contributed by atoms with E-state index in [9.17, 15) is 13.2 Å². The molecule has 3 aromatic rings. The summed E-state index contributed by atoms with van der Waals surface area (Å²) in [6.07, 6.45) is 3.80. The summed E-state index contributed by atoms with van der Waals surface area (Å²) >= 11 is 3.37. The molecule has 0 amide bonds. The lowest BCUT2D eigenvalue weighted by atomic mass is 10.2. The van der Waals surface area contributed by atoms with Gasteiger partial charge in [-0.2, -0.15) is 4.31 Å². The van der Waals surface area contributed by atoms with Gasteiger partial charge in [0.2, 0.25) is 10.0 Å². The minimum absolute atomic E-state index is 0.0479. The molecule has 1 atom stereocenters. The second kappa shape index (κ2) is 7.23. The van der Waals surface area contributed by atoms with Crippen molar-refractivity contribution in [1.82, 2.24) is 14.6 Å². The number of pyridine rings is 1. The fraction of sp³-hybridized carbons (Fsp3) is 0.278. The molecule has 2 N–H and O–H groups in total. The second-order valence-electron chi connectivity index (χ2n) is 6.45. The normalized spacial score (nSPS) is 18.3. The van der Waals surface area contributed by atoms with Crippen molar-refractivity contribution in [3.8, 4) is 0 Å². The Balaban J connectivity index is 1.60. The lowest BCUT2D eigenvalue weighted by molar-refractivity contribution is 0.433. The summed E-state index contributed by atoms with van der Waals surface area (Å²) in [5, 5.41) is 4.09. The van der Waals surface area contributed by atoms with Crippen molar-refractivity contribution in [2.75, 3.05) is 13.1 Å². The van der Waals surface area contributed by atoms with Gasteiger partial charge in [-0.15, -0.1) is 0 Å². The van der Waals surface area contributed by atoms with Crippen LogP contribution >= 0.6 is 15.9 Å². The van der Waals surface area contributed by atoms with Crippen LogP contribution in [0.15, 0.2) is 61.4 Å². The van der Waals surface area contributed by atoms with Crippen LogP contribution < -0.4 is 10.9 Å². The zero-order chi connectivity index (χ0) is 19.0. The van der Waals surface area contributed by atoms with Crippen molar-refractivity contribution in [2.45, 2.75) is 23.9 Å². The van der Waals surface area contributed by atoms with Crippen LogP contribution in [-0.2, 0) is 16.6 Å². The van der Waals surface area contributed by atoms with E-state index in [1.807, 2.05) is 12.1 Å². The topological polar surface area (TPSA) is 95.4 Å². The van der Waals surface area contributed by atoms with Gasteiger partial charge in [0.15, 0.2) is 0 Å². The van der Waals surface area contributed by atoms with E-state index in [2.05, 4.69) is 26.2 Å². The average molecular weight is 452 g/mol. The van der Waals surface area contributed by atoms with Gasteiger partial charge in [-0.3, -0.25) is 4.79 Å². The minimum atomic E-state index is -3.72. The van der Waals surface area contributed by atoms with Crippen molar-refractivity contribution in [3.05, 3.63) is 63.4 Å². The summed E-state index contributed by atoms with van der Waals surface area (Å²) in [5.41, 5.74) is -0.315. The largest absolute Gasteiger partial charge is 0.468 e. The van der Waals surface area contributed by atoms with Crippen molar-refractivity contribution in [3.63, 3.8) is 0 Å². The first-order chi connectivity index (χ1) is 13.0. The molecule has 7 nitrogen and oxygen atoms in total. The Hall–Kier alpha value is -1.94. The molecule has 9 heteroatoms. The Morgan fingerprint density at radius 3 is 2.93 bits per heavy atom. The van der Waals surface area contributed by atoms with Gasteiger partial charge in [0, 0.05) is 40.6 Å². The van der Waals surface area contributed by atoms with Crippen LogP contribution in [0.3, 0.4) is 0 Å². The monoisotopic (exact) mass is 451 g/mol. The average Bonchev–Trinajstić information content (AvgIpc) is 3.34. The number of hydrogen-bond donors (Lipinski definition) is 2. The Bertz CT molecular complexity index is 1130. The maximum absolute atomic E-state index is 13.2. The molecule has 1 aliphatic heterocycles. The van der Waals surface area contributed by atoms with Gasteiger partial charge in [0.1, 0.15) is 5.76 Å². The zero-order valence-corrected chi connectivity index (χ0v) is 16.7. The van der Waals surface area contributed by atoms with Crippen LogP contribution in [0.2, 0.25) is 0 Å². The molecule has 142 valence electrons. The van der Waals surface area contributed by atoms with Gasteiger partial charge in [-0.25, -0.2) is 8.42 Å². The molecule has 4 rings (SSSR count). The first kappa shape index (κ1) is 18.4. The molecule has 0 spiro atoms. The van der Waals surface area contributed by atoms with Gasteiger partial charge in [0.05, 0.1) is 17.7 Å². The van der Waals surface area contributed by atoms with Gasteiger partial charge in [-0.05, 0) is 46.6 Å². The minimum Gasteiger partial charge on any atom is -0.468 e. The summed E-state index contributed by atoms with van der Waals surface area (Å²) in [5.74, 6) is 0.813. The molecule has 0 bridgehead atoms. The number of sulfonamides is 1. The highest BCUT2D eigenvalue weighted by Gasteiger charge is 2.33. The lowest BCUT2D eigenvalue weighted by Crippen LogP contribution is -2.35. The molecule has 0 aliphatic carbocycles. The van der Waals surface area contributed by atoms with Gasteiger partial charge >= 0.3 is 0 Å². The fourth-order valence-corrected chi connectivity index (χ4v) is 5.77. The van der Waals surface area contributed by atoms with Crippen molar-refractivity contribution < 1.29 is 12.8 Å². The highest BCUT2D eigenvalue weighted by molar-refractivity contribution is 9.10. The number of benzene rings is 1. The molecule has 1 aliphatic rings. The Morgan fingerprint density at radius 2 is 2.15 bits per heavy atom. The number of nitrogens with zero attached hydrogens (tertiary/aromatic N) is 1. The molecule has 1 saturated heterocycles. The van der Waals surface area contributed by atoms with E-state index in [0.29, 0.717) is 41.3 Å². The molecular weight excluding hydrogens is 434 g/mol. The summed E-state index contributed by atoms with van der Waals surface area (Å²) in [4.78, 5) is 14.8. The first-order valence-electron chi connectivity index (χ1n) is 8.52. The molecule has 2 aromatic heterocycles. The molecule has 0 radical (unpaired) electrons. The van der Waals surface area contributed by atoms with Crippen LogP contribution in [-0.4, -0.2) is 36.8 Å². The number of halogens is 1. The Kier molecular flexibility index (Phi) is 4.94.